The first-order valence-corrected chi connectivity index (χ1v) is 6.11. The van der Waals surface area contributed by atoms with Gasteiger partial charge in [0.05, 0.1) is 6.61 Å². The van der Waals surface area contributed by atoms with Crippen LogP contribution in [-0.4, -0.2) is 63.7 Å². The van der Waals surface area contributed by atoms with Gasteiger partial charge in [-0.25, -0.2) is 4.79 Å². The predicted molar refractivity (Wildman–Crippen MR) is 63.9 cm³/mol. The molecule has 7 heteroatoms. The van der Waals surface area contributed by atoms with Crippen LogP contribution < -0.4 is 0 Å². The van der Waals surface area contributed by atoms with Gasteiger partial charge in [0.2, 0.25) is 6.29 Å². The van der Waals surface area contributed by atoms with Gasteiger partial charge >= 0.3 is 5.97 Å². The Hall–Kier alpha value is -0.990. The molecule has 0 radical (unpaired) electrons. The first kappa shape index (κ1) is 16.1. The minimum absolute atomic E-state index is 0.222. The molecule has 1 aliphatic heterocycles. The zero-order valence-corrected chi connectivity index (χ0v) is 10.7. The van der Waals surface area contributed by atoms with Crippen molar-refractivity contribution in [2.75, 3.05) is 6.61 Å². The molecule has 1 fully saturated rings. The molecular weight excluding hydrogens is 256 g/mol. The summed E-state index contributed by atoms with van der Waals surface area (Å²) >= 11 is 0. The van der Waals surface area contributed by atoms with Crippen molar-refractivity contribution in [3.05, 3.63) is 12.2 Å². The molecule has 0 aromatic rings. The van der Waals surface area contributed by atoms with E-state index in [1.54, 1.807) is 0 Å². The number of esters is 1. The standard InChI is InChI=1S/C12H20O7/c1-3-4-6(2)11(17)19-12-10(16)9(15)8(14)7(5-13)18-12/h7-10,12-16H,2-5H2,1H3/t7-,8-,9+,10-,12?/m1/s1. The lowest BCUT2D eigenvalue weighted by atomic mass is 9.99. The largest absolute Gasteiger partial charge is 0.429 e. The van der Waals surface area contributed by atoms with E-state index in [9.17, 15) is 20.1 Å². The smallest absolute Gasteiger partial charge is 0.335 e. The topological polar surface area (TPSA) is 116 Å². The molecule has 5 atom stereocenters. The number of hydrogen-bond acceptors (Lipinski definition) is 7. The van der Waals surface area contributed by atoms with Crippen molar-refractivity contribution in [2.24, 2.45) is 0 Å². The van der Waals surface area contributed by atoms with E-state index in [-0.39, 0.29) is 5.57 Å². The molecule has 1 aliphatic rings. The first-order valence-electron chi connectivity index (χ1n) is 6.11. The normalized spacial score (nSPS) is 34.9. The van der Waals surface area contributed by atoms with Crippen molar-refractivity contribution in [1.82, 2.24) is 0 Å². The maximum atomic E-state index is 11.6. The second-order valence-electron chi connectivity index (χ2n) is 4.46. The van der Waals surface area contributed by atoms with Crippen LogP contribution in [0, 0.1) is 0 Å². The van der Waals surface area contributed by atoms with Gasteiger partial charge in [-0.05, 0) is 6.42 Å². The molecule has 4 N–H and O–H groups in total. The molecular formula is C12H20O7. The van der Waals surface area contributed by atoms with Gasteiger partial charge in [-0.3, -0.25) is 0 Å². The van der Waals surface area contributed by atoms with Gasteiger partial charge in [0.15, 0.2) is 0 Å². The third-order valence-electron chi connectivity index (χ3n) is 2.91. The fraction of sp³-hybridized carbons (Fsp3) is 0.750. The van der Waals surface area contributed by atoms with Crippen LogP contribution in [0.5, 0.6) is 0 Å². The molecule has 0 aliphatic carbocycles. The SMILES string of the molecule is C=C(CCC)C(=O)OC1O[C@H](CO)[C@@H](O)[C@H](O)[C@H]1O. The third kappa shape index (κ3) is 3.74. The Morgan fingerprint density at radius 2 is 1.89 bits per heavy atom. The maximum Gasteiger partial charge on any atom is 0.335 e. The minimum atomic E-state index is -1.59. The number of carbonyl (C=O) groups is 1. The first-order chi connectivity index (χ1) is 8.92. The van der Waals surface area contributed by atoms with Crippen molar-refractivity contribution in [3.8, 4) is 0 Å². The van der Waals surface area contributed by atoms with Gasteiger partial charge in [-0.15, -0.1) is 0 Å². The number of hydrogen-bond donors (Lipinski definition) is 4. The second-order valence-corrected chi connectivity index (χ2v) is 4.46. The molecule has 0 aromatic heterocycles. The number of rotatable bonds is 5. The lowest BCUT2D eigenvalue weighted by Crippen LogP contribution is -2.59. The number of carbonyl (C=O) groups excluding carboxylic acids is 1. The van der Waals surface area contributed by atoms with Gasteiger partial charge in [-0.1, -0.05) is 19.9 Å². The van der Waals surface area contributed by atoms with Gasteiger partial charge in [0.1, 0.15) is 24.4 Å². The molecule has 0 aromatic carbocycles. The lowest BCUT2D eigenvalue weighted by Gasteiger charge is -2.39. The van der Waals surface area contributed by atoms with Gasteiger partial charge in [0, 0.05) is 5.57 Å². The van der Waals surface area contributed by atoms with Crippen molar-refractivity contribution in [3.63, 3.8) is 0 Å². The summed E-state index contributed by atoms with van der Waals surface area (Å²) in [6.45, 7) is 4.83. The minimum Gasteiger partial charge on any atom is -0.429 e. The van der Waals surface area contributed by atoms with Crippen LogP contribution in [0.25, 0.3) is 0 Å². The third-order valence-corrected chi connectivity index (χ3v) is 2.91. The second kappa shape index (κ2) is 6.97. The quantitative estimate of drug-likeness (QED) is 0.364. The van der Waals surface area contributed by atoms with Crippen LogP contribution in [0.3, 0.4) is 0 Å². The fourth-order valence-corrected chi connectivity index (χ4v) is 1.76. The molecule has 1 rings (SSSR count). The predicted octanol–water partition coefficient (Wildman–Crippen LogP) is -1.31. The monoisotopic (exact) mass is 276 g/mol. The highest BCUT2D eigenvalue weighted by Crippen LogP contribution is 2.22. The van der Waals surface area contributed by atoms with E-state index in [1.165, 1.54) is 0 Å². The maximum absolute atomic E-state index is 11.6. The molecule has 0 spiro atoms. The van der Waals surface area contributed by atoms with E-state index in [2.05, 4.69) is 6.58 Å². The molecule has 1 heterocycles. The molecule has 1 saturated heterocycles. The summed E-state index contributed by atoms with van der Waals surface area (Å²) in [5, 5.41) is 37.7. The van der Waals surface area contributed by atoms with Crippen molar-refractivity contribution in [2.45, 2.75) is 50.5 Å². The summed E-state index contributed by atoms with van der Waals surface area (Å²) in [4.78, 5) is 11.6. The average Bonchev–Trinajstić information content (AvgIpc) is 2.39. The van der Waals surface area contributed by atoms with E-state index in [1.807, 2.05) is 6.92 Å². The molecule has 0 saturated carbocycles. The highest BCUT2D eigenvalue weighted by atomic mass is 16.7. The van der Waals surface area contributed by atoms with E-state index in [0.717, 1.165) is 0 Å². The van der Waals surface area contributed by atoms with E-state index >= 15 is 0 Å². The van der Waals surface area contributed by atoms with Crippen molar-refractivity contribution in [1.29, 1.82) is 0 Å². The number of ether oxygens (including phenoxy) is 2. The molecule has 0 bridgehead atoms. The van der Waals surface area contributed by atoms with E-state index in [4.69, 9.17) is 14.6 Å². The Bertz CT molecular complexity index is 328. The van der Waals surface area contributed by atoms with E-state index in [0.29, 0.717) is 12.8 Å². The lowest BCUT2D eigenvalue weighted by molar-refractivity contribution is -0.291. The highest BCUT2D eigenvalue weighted by Gasteiger charge is 2.45. The Labute approximate surface area is 111 Å². The highest BCUT2D eigenvalue weighted by molar-refractivity contribution is 5.87. The van der Waals surface area contributed by atoms with Crippen LogP contribution in [0.15, 0.2) is 12.2 Å². The van der Waals surface area contributed by atoms with Crippen LogP contribution in [0.4, 0.5) is 0 Å². The molecule has 7 nitrogen and oxygen atoms in total. The Kier molecular flexibility index (Phi) is 5.89. The Morgan fingerprint density at radius 1 is 1.26 bits per heavy atom. The summed E-state index contributed by atoms with van der Waals surface area (Å²) in [7, 11) is 0. The van der Waals surface area contributed by atoms with Crippen LogP contribution in [-0.2, 0) is 14.3 Å². The van der Waals surface area contributed by atoms with Gasteiger partial charge in [-0.2, -0.15) is 0 Å². The van der Waals surface area contributed by atoms with Crippen LogP contribution in [0.2, 0.25) is 0 Å². The van der Waals surface area contributed by atoms with Gasteiger partial charge < -0.3 is 29.9 Å². The van der Waals surface area contributed by atoms with Crippen molar-refractivity contribution < 1.29 is 34.7 Å². The summed E-state index contributed by atoms with van der Waals surface area (Å²) in [5.74, 6) is -0.744. The zero-order valence-electron chi connectivity index (χ0n) is 10.7. The van der Waals surface area contributed by atoms with Gasteiger partial charge in [0.25, 0.3) is 0 Å². The van der Waals surface area contributed by atoms with Crippen LogP contribution >= 0.6 is 0 Å². The zero-order chi connectivity index (χ0) is 14.6. The summed E-state index contributed by atoms with van der Waals surface area (Å²) in [6, 6.07) is 0. The number of aliphatic hydroxyl groups excluding tert-OH is 4. The average molecular weight is 276 g/mol. The summed E-state index contributed by atoms with van der Waals surface area (Å²) in [5.41, 5.74) is 0.222. The molecule has 0 amide bonds. The Balaban J connectivity index is 2.66. The molecule has 1 unspecified atom stereocenters. The number of aliphatic hydroxyl groups is 4. The molecule has 110 valence electrons. The van der Waals surface area contributed by atoms with E-state index < -0.39 is 43.3 Å². The van der Waals surface area contributed by atoms with Crippen molar-refractivity contribution >= 4 is 5.97 Å². The Morgan fingerprint density at radius 3 is 2.42 bits per heavy atom. The summed E-state index contributed by atoms with van der Waals surface area (Å²) < 4.78 is 9.91. The molecule has 19 heavy (non-hydrogen) atoms. The fourth-order valence-electron chi connectivity index (χ4n) is 1.76. The summed E-state index contributed by atoms with van der Waals surface area (Å²) in [6.07, 6.45) is -6.03. The van der Waals surface area contributed by atoms with Crippen LogP contribution in [0.1, 0.15) is 19.8 Å².